The summed E-state index contributed by atoms with van der Waals surface area (Å²) in [6, 6.07) is 3.01. The molecule has 0 aliphatic rings. The van der Waals surface area contributed by atoms with Crippen LogP contribution in [-0.2, 0) is 14.2 Å². The van der Waals surface area contributed by atoms with E-state index < -0.39 is 5.97 Å². The lowest BCUT2D eigenvalue weighted by Crippen LogP contribution is -2.10. The van der Waals surface area contributed by atoms with Gasteiger partial charge in [0.2, 0.25) is 5.76 Å². The molecule has 6 nitrogen and oxygen atoms in total. The number of hydrogen-bond acceptors (Lipinski definition) is 5. The van der Waals surface area contributed by atoms with Gasteiger partial charge in [0.25, 0.3) is 0 Å². The van der Waals surface area contributed by atoms with E-state index in [0.717, 1.165) is 0 Å². The zero-order chi connectivity index (χ0) is 13.4. The lowest BCUT2D eigenvalue weighted by Gasteiger charge is -2.10. The highest BCUT2D eigenvalue weighted by Gasteiger charge is 2.14. The van der Waals surface area contributed by atoms with Gasteiger partial charge < -0.3 is 23.7 Å². The zero-order valence-electron chi connectivity index (χ0n) is 10.5. The molecule has 0 radical (unpaired) electrons. The third kappa shape index (κ3) is 4.87. The number of rotatable bonds is 9. The van der Waals surface area contributed by atoms with Gasteiger partial charge in [-0.15, -0.1) is 0 Å². The van der Waals surface area contributed by atoms with E-state index in [9.17, 15) is 4.79 Å². The topological polar surface area (TPSA) is 78.1 Å². The Labute approximate surface area is 105 Å². The van der Waals surface area contributed by atoms with Crippen LogP contribution in [0.5, 0.6) is 0 Å². The summed E-state index contributed by atoms with van der Waals surface area (Å²) in [4.78, 5) is 10.6. The number of methoxy groups -OCH3 is 1. The van der Waals surface area contributed by atoms with Gasteiger partial charge in [0.1, 0.15) is 11.9 Å². The molecule has 1 aromatic rings. The quantitative estimate of drug-likeness (QED) is 0.679. The predicted molar refractivity (Wildman–Crippen MR) is 62.7 cm³/mol. The number of ether oxygens (including phenoxy) is 3. The minimum absolute atomic E-state index is 0.0863. The van der Waals surface area contributed by atoms with Crippen LogP contribution >= 0.6 is 0 Å². The van der Waals surface area contributed by atoms with Crippen LogP contribution in [0.1, 0.15) is 29.3 Å². The van der Waals surface area contributed by atoms with E-state index in [2.05, 4.69) is 0 Å². The fourth-order valence-electron chi connectivity index (χ4n) is 1.30. The smallest absolute Gasteiger partial charge is 0.371 e. The molecule has 0 aliphatic heterocycles. The van der Waals surface area contributed by atoms with E-state index in [1.54, 1.807) is 20.1 Å². The second-order valence-corrected chi connectivity index (χ2v) is 3.63. The molecule has 0 aromatic carbocycles. The van der Waals surface area contributed by atoms with Crippen LogP contribution in [0.3, 0.4) is 0 Å². The van der Waals surface area contributed by atoms with Crippen LogP contribution in [-0.4, -0.2) is 44.6 Å². The molecule has 0 spiro atoms. The summed E-state index contributed by atoms with van der Waals surface area (Å²) in [7, 11) is 1.61. The van der Waals surface area contributed by atoms with E-state index in [-0.39, 0.29) is 11.9 Å². The minimum Gasteiger partial charge on any atom is -0.475 e. The average Bonchev–Trinajstić information content (AvgIpc) is 2.83. The van der Waals surface area contributed by atoms with E-state index in [1.165, 1.54) is 6.07 Å². The number of furan rings is 1. The summed E-state index contributed by atoms with van der Waals surface area (Å²) in [6.07, 6.45) is -0.302. The van der Waals surface area contributed by atoms with Crippen LogP contribution in [0, 0.1) is 0 Å². The molecular formula is C12H18O6. The van der Waals surface area contributed by atoms with Crippen LogP contribution in [0.25, 0.3) is 0 Å². The summed E-state index contributed by atoms with van der Waals surface area (Å²) in [6.45, 7) is 3.74. The van der Waals surface area contributed by atoms with Crippen molar-refractivity contribution in [1.82, 2.24) is 0 Å². The molecule has 18 heavy (non-hydrogen) atoms. The van der Waals surface area contributed by atoms with Gasteiger partial charge in [0.05, 0.1) is 26.4 Å². The number of carbonyl (C=O) groups is 1. The van der Waals surface area contributed by atoms with Gasteiger partial charge >= 0.3 is 5.97 Å². The van der Waals surface area contributed by atoms with Crippen LogP contribution in [0.2, 0.25) is 0 Å². The second-order valence-electron chi connectivity index (χ2n) is 3.63. The molecule has 0 amide bonds. The number of carboxylic acids is 1. The van der Waals surface area contributed by atoms with Crippen molar-refractivity contribution in [2.45, 2.75) is 13.0 Å². The van der Waals surface area contributed by atoms with Crippen molar-refractivity contribution in [2.75, 3.05) is 33.5 Å². The van der Waals surface area contributed by atoms with Gasteiger partial charge in [-0.3, -0.25) is 0 Å². The monoisotopic (exact) mass is 258 g/mol. The van der Waals surface area contributed by atoms with Gasteiger partial charge in [-0.2, -0.15) is 0 Å². The van der Waals surface area contributed by atoms with Crippen molar-refractivity contribution in [2.24, 2.45) is 0 Å². The fourth-order valence-corrected chi connectivity index (χ4v) is 1.30. The van der Waals surface area contributed by atoms with E-state index >= 15 is 0 Å². The SMILES string of the molecule is COCCOCCOC(C)c1ccc(C(=O)O)o1. The Balaban J connectivity index is 2.23. The van der Waals surface area contributed by atoms with Crippen molar-refractivity contribution < 1.29 is 28.5 Å². The molecule has 0 aliphatic carbocycles. The minimum atomic E-state index is -1.09. The Bertz CT molecular complexity index is 359. The molecule has 1 heterocycles. The maximum Gasteiger partial charge on any atom is 0.371 e. The van der Waals surface area contributed by atoms with Gasteiger partial charge in [0.15, 0.2) is 0 Å². The van der Waals surface area contributed by atoms with E-state index in [4.69, 9.17) is 23.7 Å². The first-order valence-electron chi connectivity index (χ1n) is 5.66. The molecule has 0 saturated carbocycles. The largest absolute Gasteiger partial charge is 0.475 e. The second kappa shape index (κ2) is 7.86. The molecule has 0 saturated heterocycles. The first-order valence-corrected chi connectivity index (χ1v) is 5.66. The molecule has 1 rings (SSSR count). The number of carboxylic acid groups (broad SMARTS) is 1. The highest BCUT2D eigenvalue weighted by Crippen LogP contribution is 2.19. The molecule has 0 bridgehead atoms. The summed E-state index contributed by atoms with van der Waals surface area (Å²) in [5, 5.41) is 8.71. The Kier molecular flexibility index (Phi) is 6.42. The van der Waals surface area contributed by atoms with E-state index in [0.29, 0.717) is 32.2 Å². The lowest BCUT2D eigenvalue weighted by atomic mass is 10.3. The summed E-state index contributed by atoms with van der Waals surface area (Å²) in [5.74, 6) is -0.683. The van der Waals surface area contributed by atoms with Gasteiger partial charge in [0, 0.05) is 7.11 Å². The van der Waals surface area contributed by atoms with Crippen molar-refractivity contribution in [1.29, 1.82) is 0 Å². The molecule has 1 N–H and O–H groups in total. The van der Waals surface area contributed by atoms with Crippen molar-refractivity contribution in [3.05, 3.63) is 23.7 Å². The maximum atomic E-state index is 10.6. The third-order valence-corrected chi connectivity index (χ3v) is 2.27. The Morgan fingerprint density at radius 3 is 2.67 bits per heavy atom. The average molecular weight is 258 g/mol. The normalized spacial score (nSPS) is 12.6. The van der Waals surface area contributed by atoms with E-state index in [1.807, 2.05) is 0 Å². The molecule has 1 unspecified atom stereocenters. The van der Waals surface area contributed by atoms with Gasteiger partial charge in [-0.1, -0.05) is 0 Å². The first kappa shape index (κ1) is 14.7. The molecule has 1 aromatic heterocycles. The standard InChI is InChI=1S/C12H18O6/c1-9(17-8-7-16-6-5-15-2)10-3-4-11(18-10)12(13)14/h3-4,9H,5-8H2,1-2H3,(H,13,14). The summed E-state index contributed by atoms with van der Waals surface area (Å²) >= 11 is 0. The number of aromatic carboxylic acids is 1. The molecule has 0 fully saturated rings. The lowest BCUT2D eigenvalue weighted by molar-refractivity contribution is -0.00791. The summed E-state index contributed by atoms with van der Waals surface area (Å²) < 4.78 is 20.6. The van der Waals surface area contributed by atoms with Crippen molar-refractivity contribution in [3.63, 3.8) is 0 Å². The highest BCUT2D eigenvalue weighted by molar-refractivity contribution is 5.84. The van der Waals surface area contributed by atoms with Gasteiger partial charge in [-0.25, -0.2) is 4.79 Å². The van der Waals surface area contributed by atoms with Crippen LogP contribution in [0.4, 0.5) is 0 Å². The Morgan fingerprint density at radius 2 is 2.06 bits per heavy atom. The molecule has 6 heteroatoms. The predicted octanol–water partition coefficient (Wildman–Crippen LogP) is 1.72. The third-order valence-electron chi connectivity index (χ3n) is 2.27. The summed E-state index contributed by atoms with van der Waals surface area (Å²) in [5.41, 5.74) is 0. The fraction of sp³-hybridized carbons (Fsp3) is 0.583. The molecular weight excluding hydrogens is 240 g/mol. The molecule has 102 valence electrons. The van der Waals surface area contributed by atoms with Crippen molar-refractivity contribution in [3.8, 4) is 0 Å². The van der Waals surface area contributed by atoms with Gasteiger partial charge in [-0.05, 0) is 19.1 Å². The zero-order valence-corrected chi connectivity index (χ0v) is 10.5. The maximum absolute atomic E-state index is 10.6. The first-order chi connectivity index (χ1) is 8.65. The number of hydrogen-bond donors (Lipinski definition) is 1. The van der Waals surface area contributed by atoms with Crippen molar-refractivity contribution >= 4 is 5.97 Å². The Hall–Kier alpha value is -1.37. The Morgan fingerprint density at radius 1 is 1.33 bits per heavy atom. The van der Waals surface area contributed by atoms with Crippen LogP contribution < -0.4 is 0 Å². The van der Waals surface area contributed by atoms with Crippen LogP contribution in [0.15, 0.2) is 16.5 Å². The highest BCUT2D eigenvalue weighted by atomic mass is 16.5. The molecule has 1 atom stereocenters.